The van der Waals surface area contributed by atoms with E-state index in [1.165, 1.54) is 44.9 Å². The number of methoxy groups -OCH3 is 1. The van der Waals surface area contributed by atoms with Crippen molar-refractivity contribution in [3.05, 3.63) is 6.07 Å². The Morgan fingerprint density at radius 2 is 1.83 bits per heavy atom. The van der Waals surface area contributed by atoms with E-state index in [4.69, 9.17) is 26.9 Å². The summed E-state index contributed by atoms with van der Waals surface area (Å²) in [7, 11) is 1.71. The van der Waals surface area contributed by atoms with Crippen LogP contribution in [0.15, 0.2) is 6.07 Å². The van der Waals surface area contributed by atoms with Crippen molar-refractivity contribution in [1.29, 1.82) is 0 Å². The summed E-state index contributed by atoms with van der Waals surface area (Å²) in [4.78, 5) is 14.5. The van der Waals surface area contributed by atoms with Crippen molar-refractivity contribution in [3.63, 3.8) is 0 Å². The molecular formula is C21H36N6OS. The van der Waals surface area contributed by atoms with Crippen LogP contribution in [0.2, 0.25) is 0 Å². The summed E-state index contributed by atoms with van der Waals surface area (Å²) in [6, 6.07) is 2.68. The van der Waals surface area contributed by atoms with E-state index in [1.54, 1.807) is 7.11 Å². The number of nitrogens with one attached hydrogen (secondary N) is 2. The average molecular weight is 421 g/mol. The third-order valence-electron chi connectivity index (χ3n) is 5.76. The normalized spacial score (nSPS) is 20.3. The third kappa shape index (κ3) is 6.67. The molecule has 2 saturated heterocycles. The Balaban J connectivity index is 1.77. The predicted molar refractivity (Wildman–Crippen MR) is 124 cm³/mol. The van der Waals surface area contributed by atoms with E-state index < -0.39 is 0 Å². The molecule has 0 saturated carbocycles. The van der Waals surface area contributed by atoms with Gasteiger partial charge in [0.05, 0.1) is 0 Å². The minimum absolute atomic E-state index is 0.502. The van der Waals surface area contributed by atoms with Gasteiger partial charge in [-0.3, -0.25) is 0 Å². The molecule has 1 aromatic rings. The van der Waals surface area contributed by atoms with Gasteiger partial charge in [0.1, 0.15) is 11.6 Å². The Morgan fingerprint density at radius 1 is 1.10 bits per heavy atom. The lowest BCUT2D eigenvalue weighted by Gasteiger charge is -2.35. The lowest BCUT2D eigenvalue weighted by Crippen LogP contribution is -2.38. The van der Waals surface area contributed by atoms with Gasteiger partial charge in [0.25, 0.3) is 0 Å². The lowest BCUT2D eigenvalue weighted by atomic mass is 10.0. The monoisotopic (exact) mass is 420 g/mol. The Hall–Kier alpha value is -1.67. The fraction of sp³-hybridized carbons (Fsp3) is 0.762. The number of hydrogen-bond donors (Lipinski definition) is 2. The number of aromatic nitrogens is 2. The summed E-state index contributed by atoms with van der Waals surface area (Å²) in [6.45, 7) is 6.95. The van der Waals surface area contributed by atoms with Crippen LogP contribution in [0.5, 0.6) is 0 Å². The molecule has 0 aromatic carbocycles. The largest absolute Gasteiger partial charge is 0.385 e. The zero-order valence-electron chi connectivity index (χ0n) is 18.0. The van der Waals surface area contributed by atoms with Crippen molar-refractivity contribution in [3.8, 4) is 0 Å². The van der Waals surface area contributed by atoms with Crippen LogP contribution in [0, 0.1) is 0 Å². The maximum atomic E-state index is 5.46. The minimum atomic E-state index is 0.502. The highest BCUT2D eigenvalue weighted by Crippen LogP contribution is 2.28. The first kappa shape index (κ1) is 22.0. The van der Waals surface area contributed by atoms with Gasteiger partial charge in [-0.25, -0.2) is 0 Å². The fourth-order valence-electron chi connectivity index (χ4n) is 4.09. The van der Waals surface area contributed by atoms with Crippen LogP contribution in [0.3, 0.4) is 0 Å². The Labute approximate surface area is 180 Å². The van der Waals surface area contributed by atoms with Gasteiger partial charge in [-0.05, 0) is 57.7 Å². The minimum Gasteiger partial charge on any atom is -0.385 e. The van der Waals surface area contributed by atoms with Crippen LogP contribution in [0.1, 0.15) is 58.3 Å². The molecular weight excluding hydrogens is 384 g/mol. The molecule has 2 aliphatic heterocycles. The zero-order valence-corrected chi connectivity index (χ0v) is 18.8. The Kier molecular flexibility index (Phi) is 8.73. The number of nitrogens with zero attached hydrogens (tertiary/aromatic N) is 4. The molecule has 0 bridgehead atoms. The van der Waals surface area contributed by atoms with Crippen molar-refractivity contribution >= 4 is 34.9 Å². The van der Waals surface area contributed by atoms with Gasteiger partial charge in [-0.2, -0.15) is 9.97 Å². The van der Waals surface area contributed by atoms with E-state index in [0.29, 0.717) is 23.7 Å². The van der Waals surface area contributed by atoms with Crippen molar-refractivity contribution in [2.75, 3.05) is 55.0 Å². The molecule has 0 amide bonds. The summed E-state index contributed by atoms with van der Waals surface area (Å²) in [5.41, 5.74) is 0. The topological polar surface area (TPSA) is 65.6 Å². The molecule has 8 heteroatoms. The first-order chi connectivity index (χ1) is 14.2. The SMILES string of the molecule is COCCCNC(=S)Nc1nc(N2CCCCCC2)cc(N2CCCCC2C)n1. The number of anilines is 3. The summed E-state index contributed by atoms with van der Waals surface area (Å²) < 4.78 is 5.09. The van der Waals surface area contributed by atoms with Crippen molar-refractivity contribution in [1.82, 2.24) is 15.3 Å². The molecule has 3 rings (SSSR count). The van der Waals surface area contributed by atoms with Gasteiger partial charge < -0.3 is 25.2 Å². The standard InChI is InChI=1S/C21H36N6OS/c1-17-10-5-8-14-27(17)19-16-18(26-12-6-3-4-7-13-26)23-20(24-19)25-21(29)22-11-9-15-28-2/h16-17H,3-15H2,1-2H3,(H2,22,23,24,25,29). The summed E-state index contributed by atoms with van der Waals surface area (Å²) in [5, 5.41) is 6.99. The van der Waals surface area contributed by atoms with Gasteiger partial charge in [0, 0.05) is 52.0 Å². The highest BCUT2D eigenvalue weighted by Gasteiger charge is 2.22. The van der Waals surface area contributed by atoms with E-state index in [1.807, 2.05) is 0 Å². The molecule has 29 heavy (non-hydrogen) atoms. The van der Waals surface area contributed by atoms with Crippen LogP contribution in [-0.4, -0.2) is 61.0 Å². The molecule has 0 aliphatic carbocycles. The summed E-state index contributed by atoms with van der Waals surface area (Å²) >= 11 is 5.46. The van der Waals surface area contributed by atoms with E-state index in [2.05, 4.69) is 33.4 Å². The zero-order chi connectivity index (χ0) is 20.5. The second-order valence-corrected chi connectivity index (χ2v) is 8.48. The van der Waals surface area contributed by atoms with Crippen molar-refractivity contribution < 1.29 is 4.74 Å². The highest BCUT2D eigenvalue weighted by atomic mass is 32.1. The second-order valence-electron chi connectivity index (χ2n) is 8.07. The van der Waals surface area contributed by atoms with Crippen LogP contribution in [0.4, 0.5) is 17.6 Å². The molecule has 1 atom stereocenters. The fourth-order valence-corrected chi connectivity index (χ4v) is 4.28. The van der Waals surface area contributed by atoms with Crippen molar-refractivity contribution in [2.24, 2.45) is 0 Å². The van der Waals surface area contributed by atoms with Crippen LogP contribution >= 0.6 is 12.2 Å². The molecule has 3 heterocycles. The predicted octanol–water partition coefficient (Wildman–Crippen LogP) is 3.56. The van der Waals surface area contributed by atoms with Gasteiger partial charge in [-0.1, -0.05) is 12.8 Å². The third-order valence-corrected chi connectivity index (χ3v) is 6.01. The molecule has 162 valence electrons. The highest BCUT2D eigenvalue weighted by molar-refractivity contribution is 7.80. The number of hydrogen-bond acceptors (Lipinski definition) is 6. The molecule has 0 radical (unpaired) electrons. The number of piperidine rings is 1. The first-order valence-electron chi connectivity index (χ1n) is 11.1. The molecule has 1 aromatic heterocycles. The molecule has 2 fully saturated rings. The summed E-state index contributed by atoms with van der Waals surface area (Å²) in [5.74, 6) is 2.61. The first-order valence-corrected chi connectivity index (χ1v) is 11.5. The van der Waals surface area contributed by atoms with Gasteiger partial charge in [0.2, 0.25) is 5.95 Å². The van der Waals surface area contributed by atoms with E-state index >= 15 is 0 Å². The average Bonchev–Trinajstić information content (AvgIpc) is 3.01. The molecule has 2 aliphatic rings. The molecule has 1 unspecified atom stereocenters. The molecule has 0 spiro atoms. The summed E-state index contributed by atoms with van der Waals surface area (Å²) in [6.07, 6.45) is 9.69. The maximum absolute atomic E-state index is 5.46. The molecule has 2 N–H and O–H groups in total. The van der Waals surface area contributed by atoms with Crippen LogP contribution < -0.4 is 20.4 Å². The maximum Gasteiger partial charge on any atom is 0.232 e. The lowest BCUT2D eigenvalue weighted by molar-refractivity contribution is 0.196. The smallest absolute Gasteiger partial charge is 0.232 e. The van der Waals surface area contributed by atoms with Gasteiger partial charge in [0.15, 0.2) is 5.11 Å². The molecule has 7 nitrogen and oxygen atoms in total. The van der Waals surface area contributed by atoms with E-state index in [9.17, 15) is 0 Å². The number of thiocarbonyl (C=S) groups is 1. The quantitative estimate of drug-likeness (QED) is 0.513. The van der Waals surface area contributed by atoms with Gasteiger partial charge in [-0.15, -0.1) is 0 Å². The van der Waals surface area contributed by atoms with E-state index in [-0.39, 0.29) is 0 Å². The van der Waals surface area contributed by atoms with Gasteiger partial charge >= 0.3 is 0 Å². The van der Waals surface area contributed by atoms with Crippen molar-refractivity contribution in [2.45, 2.75) is 64.3 Å². The van der Waals surface area contributed by atoms with E-state index in [0.717, 1.165) is 44.2 Å². The second kappa shape index (κ2) is 11.5. The number of rotatable bonds is 7. The van der Waals surface area contributed by atoms with Crippen LogP contribution in [-0.2, 0) is 4.74 Å². The Morgan fingerprint density at radius 3 is 2.55 bits per heavy atom. The number of ether oxygens (including phenoxy) is 1. The Bertz CT molecular complexity index is 650. The van der Waals surface area contributed by atoms with Crippen LogP contribution in [0.25, 0.3) is 0 Å².